The van der Waals surface area contributed by atoms with Crippen LogP contribution in [-0.4, -0.2) is 48.2 Å². The van der Waals surface area contributed by atoms with Crippen LogP contribution in [0.1, 0.15) is 61.9 Å². The van der Waals surface area contributed by atoms with Gasteiger partial charge >= 0.3 is 0 Å². The fourth-order valence-corrected chi connectivity index (χ4v) is 2.80. The molecule has 23 heavy (non-hydrogen) atoms. The molecule has 0 unspecified atom stereocenters. The Kier molecular flexibility index (Phi) is 5.87. The van der Waals surface area contributed by atoms with Gasteiger partial charge in [0.1, 0.15) is 5.76 Å². The van der Waals surface area contributed by atoms with Gasteiger partial charge in [-0.25, -0.2) is 0 Å². The fraction of sp³-hybridized carbons (Fsp3) is 0.722. The Hall–Kier alpha value is -1.33. The molecule has 0 spiro atoms. The minimum Gasteiger partial charge on any atom is -0.455 e. The molecule has 1 fully saturated rings. The van der Waals surface area contributed by atoms with E-state index in [0.717, 1.165) is 50.2 Å². The second kappa shape index (κ2) is 7.49. The summed E-state index contributed by atoms with van der Waals surface area (Å²) in [6, 6.07) is 1.95. The Labute approximate surface area is 139 Å². The predicted octanol–water partition coefficient (Wildman–Crippen LogP) is 2.46. The van der Waals surface area contributed by atoms with Crippen molar-refractivity contribution in [1.82, 2.24) is 10.2 Å². The first-order valence-corrected chi connectivity index (χ1v) is 8.57. The maximum atomic E-state index is 12.2. The zero-order valence-corrected chi connectivity index (χ0v) is 14.8. The lowest BCUT2D eigenvalue weighted by Gasteiger charge is -2.29. The molecule has 2 rings (SSSR count). The lowest BCUT2D eigenvalue weighted by Crippen LogP contribution is -2.37. The van der Waals surface area contributed by atoms with Crippen LogP contribution in [0.4, 0.5) is 0 Å². The standard InChI is InChI=1S/C18H30N2O3/c1-13-12-15(18(2,3)4)23-16(13)17(22)19-8-5-9-20-10-6-14(21)7-11-20/h12,14,21H,5-11H2,1-4H3,(H,19,22). The van der Waals surface area contributed by atoms with Gasteiger partial charge in [0.25, 0.3) is 5.91 Å². The van der Waals surface area contributed by atoms with E-state index in [-0.39, 0.29) is 17.4 Å². The molecule has 1 aliphatic heterocycles. The van der Waals surface area contributed by atoms with Gasteiger partial charge in [0.2, 0.25) is 0 Å². The molecule has 0 radical (unpaired) electrons. The second-order valence-corrected chi connectivity index (χ2v) is 7.56. The molecule has 1 aromatic heterocycles. The maximum Gasteiger partial charge on any atom is 0.287 e. The molecule has 1 aliphatic rings. The smallest absolute Gasteiger partial charge is 0.287 e. The number of aliphatic hydroxyl groups excluding tert-OH is 1. The predicted molar refractivity (Wildman–Crippen MR) is 90.8 cm³/mol. The van der Waals surface area contributed by atoms with Crippen LogP contribution in [0.2, 0.25) is 0 Å². The Morgan fingerprint density at radius 1 is 1.39 bits per heavy atom. The minimum atomic E-state index is -0.134. The first-order chi connectivity index (χ1) is 10.8. The van der Waals surface area contributed by atoms with Crippen LogP contribution in [0.5, 0.6) is 0 Å². The van der Waals surface area contributed by atoms with Gasteiger partial charge in [-0.05, 0) is 38.8 Å². The number of piperidine rings is 1. The van der Waals surface area contributed by atoms with Crippen molar-refractivity contribution in [3.63, 3.8) is 0 Å². The molecule has 1 saturated heterocycles. The number of amides is 1. The number of aliphatic hydroxyl groups is 1. The molecule has 0 aromatic carbocycles. The van der Waals surface area contributed by atoms with E-state index in [1.54, 1.807) is 0 Å². The highest BCUT2D eigenvalue weighted by Crippen LogP contribution is 2.26. The third-order valence-electron chi connectivity index (χ3n) is 4.36. The maximum absolute atomic E-state index is 12.2. The van der Waals surface area contributed by atoms with Crippen molar-refractivity contribution >= 4 is 5.91 Å². The lowest BCUT2D eigenvalue weighted by atomic mass is 9.93. The average Bonchev–Trinajstić information content (AvgIpc) is 2.87. The summed E-state index contributed by atoms with van der Waals surface area (Å²) in [5.41, 5.74) is 0.791. The van der Waals surface area contributed by atoms with E-state index in [9.17, 15) is 9.90 Å². The van der Waals surface area contributed by atoms with Crippen LogP contribution < -0.4 is 5.32 Å². The largest absolute Gasteiger partial charge is 0.455 e. The molecular formula is C18H30N2O3. The van der Waals surface area contributed by atoms with Crippen molar-refractivity contribution in [3.8, 4) is 0 Å². The van der Waals surface area contributed by atoms with Crippen LogP contribution in [0.3, 0.4) is 0 Å². The monoisotopic (exact) mass is 322 g/mol. The van der Waals surface area contributed by atoms with Gasteiger partial charge < -0.3 is 19.7 Å². The van der Waals surface area contributed by atoms with Crippen LogP contribution in [-0.2, 0) is 5.41 Å². The number of furan rings is 1. The first-order valence-electron chi connectivity index (χ1n) is 8.57. The van der Waals surface area contributed by atoms with Crippen molar-refractivity contribution in [1.29, 1.82) is 0 Å². The minimum absolute atomic E-state index is 0.0951. The van der Waals surface area contributed by atoms with Crippen molar-refractivity contribution < 1.29 is 14.3 Å². The zero-order valence-electron chi connectivity index (χ0n) is 14.8. The van der Waals surface area contributed by atoms with Gasteiger partial charge in [-0.2, -0.15) is 0 Å². The number of nitrogens with zero attached hydrogens (tertiary/aromatic N) is 1. The molecule has 0 aliphatic carbocycles. The summed E-state index contributed by atoms with van der Waals surface area (Å²) in [5, 5.41) is 12.4. The van der Waals surface area contributed by atoms with Gasteiger partial charge in [0.15, 0.2) is 5.76 Å². The number of carbonyl (C=O) groups is 1. The molecule has 2 heterocycles. The van der Waals surface area contributed by atoms with Crippen LogP contribution in [0.15, 0.2) is 10.5 Å². The van der Waals surface area contributed by atoms with Gasteiger partial charge in [0, 0.05) is 30.6 Å². The quantitative estimate of drug-likeness (QED) is 0.817. The number of rotatable bonds is 5. The molecule has 130 valence electrons. The third-order valence-corrected chi connectivity index (χ3v) is 4.36. The van der Waals surface area contributed by atoms with Gasteiger partial charge in [0.05, 0.1) is 6.10 Å². The first kappa shape index (κ1) is 18.0. The molecule has 1 aromatic rings. The normalized spacial score (nSPS) is 17.4. The van der Waals surface area contributed by atoms with Crippen LogP contribution in [0.25, 0.3) is 0 Å². The topological polar surface area (TPSA) is 65.7 Å². The van der Waals surface area contributed by atoms with E-state index in [4.69, 9.17) is 4.42 Å². The number of nitrogens with one attached hydrogen (secondary N) is 1. The number of likely N-dealkylation sites (tertiary alicyclic amines) is 1. The fourth-order valence-electron chi connectivity index (χ4n) is 2.80. The van der Waals surface area contributed by atoms with E-state index in [1.807, 2.05) is 13.0 Å². The summed E-state index contributed by atoms with van der Waals surface area (Å²) < 4.78 is 5.75. The van der Waals surface area contributed by atoms with E-state index in [2.05, 4.69) is 31.0 Å². The Balaban J connectivity index is 1.76. The van der Waals surface area contributed by atoms with E-state index >= 15 is 0 Å². The molecule has 0 saturated carbocycles. The van der Waals surface area contributed by atoms with E-state index in [0.29, 0.717) is 12.3 Å². The second-order valence-electron chi connectivity index (χ2n) is 7.56. The van der Waals surface area contributed by atoms with Gasteiger partial charge in [-0.3, -0.25) is 4.79 Å². The van der Waals surface area contributed by atoms with Gasteiger partial charge in [-0.1, -0.05) is 20.8 Å². The zero-order chi connectivity index (χ0) is 17.0. The summed E-state index contributed by atoms with van der Waals surface area (Å²) in [6.45, 7) is 11.6. The molecular weight excluding hydrogens is 292 g/mol. The Bertz CT molecular complexity index is 523. The van der Waals surface area contributed by atoms with Crippen LogP contribution >= 0.6 is 0 Å². The number of hydrogen-bond acceptors (Lipinski definition) is 4. The molecule has 5 heteroatoms. The number of carbonyl (C=O) groups excluding carboxylic acids is 1. The number of hydrogen-bond donors (Lipinski definition) is 2. The molecule has 5 nitrogen and oxygen atoms in total. The van der Waals surface area contributed by atoms with Crippen molar-refractivity contribution in [2.75, 3.05) is 26.2 Å². The average molecular weight is 322 g/mol. The highest BCUT2D eigenvalue weighted by atomic mass is 16.4. The van der Waals surface area contributed by atoms with Crippen LogP contribution in [0, 0.1) is 6.92 Å². The molecule has 0 atom stereocenters. The summed E-state index contributed by atoms with van der Waals surface area (Å²) >= 11 is 0. The Morgan fingerprint density at radius 2 is 2.04 bits per heavy atom. The highest BCUT2D eigenvalue weighted by Gasteiger charge is 2.23. The SMILES string of the molecule is Cc1cc(C(C)(C)C)oc1C(=O)NCCCN1CCC(O)CC1. The molecule has 1 amide bonds. The van der Waals surface area contributed by atoms with E-state index in [1.165, 1.54) is 0 Å². The van der Waals surface area contributed by atoms with Gasteiger partial charge in [-0.15, -0.1) is 0 Å². The summed E-state index contributed by atoms with van der Waals surface area (Å²) in [7, 11) is 0. The summed E-state index contributed by atoms with van der Waals surface area (Å²) in [4.78, 5) is 14.6. The van der Waals surface area contributed by atoms with Crippen molar-refractivity contribution in [2.24, 2.45) is 0 Å². The highest BCUT2D eigenvalue weighted by molar-refractivity contribution is 5.92. The molecule has 2 N–H and O–H groups in total. The van der Waals surface area contributed by atoms with Crippen molar-refractivity contribution in [3.05, 3.63) is 23.2 Å². The van der Waals surface area contributed by atoms with Crippen molar-refractivity contribution in [2.45, 2.75) is 58.5 Å². The van der Waals surface area contributed by atoms with E-state index < -0.39 is 0 Å². The molecule has 0 bridgehead atoms. The Morgan fingerprint density at radius 3 is 2.61 bits per heavy atom. The number of aryl methyl sites for hydroxylation is 1. The third kappa shape index (κ3) is 5.08. The summed E-state index contributed by atoms with van der Waals surface area (Å²) in [5.74, 6) is 1.13. The summed E-state index contributed by atoms with van der Waals surface area (Å²) in [6.07, 6.45) is 2.49. The lowest BCUT2D eigenvalue weighted by molar-refractivity contribution is 0.0814.